The standard InChI is InChI=1S/C15H13N3O3S3/c1-8-6-22-15(16-8)23-7-13(19)18-14-17-9-4-10-11(5-12(9)24-14)21-3-2-20-10/h4-6H,2-3,7H2,1H3,(H,17,18,19). The zero-order valence-electron chi connectivity index (χ0n) is 12.7. The Labute approximate surface area is 150 Å². The predicted octanol–water partition coefficient (Wildman–Crippen LogP) is 3.56. The van der Waals surface area contributed by atoms with Gasteiger partial charge in [-0.25, -0.2) is 9.97 Å². The van der Waals surface area contributed by atoms with E-state index in [9.17, 15) is 4.79 Å². The summed E-state index contributed by atoms with van der Waals surface area (Å²) in [6.07, 6.45) is 0. The first-order chi connectivity index (χ1) is 11.7. The number of carbonyl (C=O) groups excluding carboxylic acids is 1. The Bertz CT molecular complexity index is 863. The number of thioether (sulfide) groups is 1. The highest BCUT2D eigenvalue weighted by molar-refractivity contribution is 8.01. The number of fused-ring (bicyclic) bond motifs is 2. The largest absolute Gasteiger partial charge is 0.486 e. The van der Waals surface area contributed by atoms with Crippen LogP contribution in [0.25, 0.3) is 10.2 Å². The predicted molar refractivity (Wildman–Crippen MR) is 96.8 cm³/mol. The van der Waals surface area contributed by atoms with Gasteiger partial charge in [-0.15, -0.1) is 11.3 Å². The van der Waals surface area contributed by atoms with Gasteiger partial charge in [-0.3, -0.25) is 4.79 Å². The van der Waals surface area contributed by atoms with Crippen molar-refractivity contribution in [1.29, 1.82) is 0 Å². The van der Waals surface area contributed by atoms with Crippen LogP contribution in [0.5, 0.6) is 11.5 Å². The van der Waals surface area contributed by atoms with Crippen molar-refractivity contribution < 1.29 is 14.3 Å². The molecule has 1 aromatic carbocycles. The number of rotatable bonds is 4. The lowest BCUT2D eigenvalue weighted by molar-refractivity contribution is -0.113. The van der Waals surface area contributed by atoms with Gasteiger partial charge in [0.15, 0.2) is 21.0 Å². The number of hydrogen-bond donors (Lipinski definition) is 1. The highest BCUT2D eigenvalue weighted by Crippen LogP contribution is 2.37. The van der Waals surface area contributed by atoms with Gasteiger partial charge in [0.1, 0.15) is 13.2 Å². The fraction of sp³-hybridized carbons (Fsp3) is 0.267. The van der Waals surface area contributed by atoms with Crippen molar-refractivity contribution in [3.05, 3.63) is 23.2 Å². The fourth-order valence-corrected chi connectivity index (χ4v) is 4.74. The molecule has 0 saturated heterocycles. The minimum absolute atomic E-state index is 0.0934. The molecule has 0 saturated carbocycles. The van der Waals surface area contributed by atoms with Gasteiger partial charge >= 0.3 is 0 Å². The highest BCUT2D eigenvalue weighted by Gasteiger charge is 2.16. The molecule has 1 N–H and O–H groups in total. The highest BCUT2D eigenvalue weighted by atomic mass is 32.2. The van der Waals surface area contributed by atoms with E-state index in [1.54, 1.807) is 11.3 Å². The van der Waals surface area contributed by atoms with Crippen LogP contribution in [0, 0.1) is 6.92 Å². The van der Waals surface area contributed by atoms with Gasteiger partial charge in [-0.1, -0.05) is 23.1 Å². The summed E-state index contributed by atoms with van der Waals surface area (Å²) in [6, 6.07) is 3.76. The molecule has 1 amide bonds. The lowest BCUT2D eigenvalue weighted by atomic mass is 10.3. The first-order valence-corrected chi connectivity index (χ1v) is 9.90. The summed E-state index contributed by atoms with van der Waals surface area (Å²) in [4.78, 5) is 20.9. The summed E-state index contributed by atoms with van der Waals surface area (Å²) in [5.41, 5.74) is 1.77. The number of thiazole rings is 2. The number of benzene rings is 1. The van der Waals surface area contributed by atoms with Crippen molar-refractivity contribution in [2.24, 2.45) is 0 Å². The summed E-state index contributed by atoms with van der Waals surface area (Å²) >= 11 is 4.40. The molecule has 1 aliphatic heterocycles. The Balaban J connectivity index is 1.45. The van der Waals surface area contributed by atoms with Crippen molar-refractivity contribution in [2.75, 3.05) is 24.3 Å². The first-order valence-electron chi connectivity index (χ1n) is 7.22. The van der Waals surface area contributed by atoms with E-state index in [4.69, 9.17) is 9.47 Å². The molecule has 0 aliphatic carbocycles. The second kappa shape index (κ2) is 6.58. The smallest absolute Gasteiger partial charge is 0.236 e. The maximum Gasteiger partial charge on any atom is 0.236 e. The first kappa shape index (κ1) is 15.7. The lowest BCUT2D eigenvalue weighted by Gasteiger charge is -2.17. The molecular weight excluding hydrogens is 366 g/mol. The zero-order chi connectivity index (χ0) is 16.5. The van der Waals surface area contributed by atoms with Crippen molar-refractivity contribution in [3.63, 3.8) is 0 Å². The molecule has 6 nitrogen and oxygen atoms in total. The number of anilines is 1. The number of aryl methyl sites for hydroxylation is 1. The average Bonchev–Trinajstić information content (AvgIpc) is 3.15. The van der Waals surface area contributed by atoms with Gasteiger partial charge < -0.3 is 14.8 Å². The molecule has 0 spiro atoms. The molecule has 2 aromatic heterocycles. The molecule has 4 rings (SSSR count). The van der Waals surface area contributed by atoms with Crippen LogP contribution >= 0.6 is 34.4 Å². The van der Waals surface area contributed by atoms with Gasteiger partial charge in [-0.2, -0.15) is 0 Å². The number of hydrogen-bond acceptors (Lipinski definition) is 8. The van der Waals surface area contributed by atoms with Crippen molar-refractivity contribution in [3.8, 4) is 11.5 Å². The van der Waals surface area contributed by atoms with Crippen LogP contribution in [-0.2, 0) is 4.79 Å². The summed E-state index contributed by atoms with van der Waals surface area (Å²) in [5.74, 6) is 1.65. The second-order valence-corrected chi connectivity index (χ2v) is 8.19. The van der Waals surface area contributed by atoms with Crippen molar-refractivity contribution in [2.45, 2.75) is 11.3 Å². The maximum absolute atomic E-state index is 12.1. The summed E-state index contributed by atoms with van der Waals surface area (Å²) in [6.45, 7) is 3.03. The van der Waals surface area contributed by atoms with Crippen molar-refractivity contribution in [1.82, 2.24) is 9.97 Å². The Hall–Kier alpha value is -1.84. The molecule has 124 valence electrons. The molecule has 0 fully saturated rings. The molecule has 0 atom stereocenters. The minimum Gasteiger partial charge on any atom is -0.486 e. The summed E-state index contributed by atoms with van der Waals surface area (Å²) in [5, 5.41) is 5.39. The second-order valence-electron chi connectivity index (χ2n) is 5.07. The maximum atomic E-state index is 12.1. The zero-order valence-corrected chi connectivity index (χ0v) is 15.1. The van der Waals surface area contributed by atoms with E-state index in [0.29, 0.717) is 29.8 Å². The van der Waals surface area contributed by atoms with E-state index in [2.05, 4.69) is 15.3 Å². The number of aromatic nitrogens is 2. The van der Waals surface area contributed by atoms with E-state index >= 15 is 0 Å². The van der Waals surface area contributed by atoms with E-state index in [1.807, 2.05) is 24.4 Å². The van der Waals surface area contributed by atoms with Gasteiger partial charge in [0.25, 0.3) is 0 Å². The monoisotopic (exact) mass is 379 g/mol. The summed E-state index contributed by atoms with van der Waals surface area (Å²) in [7, 11) is 0. The van der Waals surface area contributed by atoms with Crippen LogP contribution in [0.3, 0.4) is 0 Å². The fourth-order valence-electron chi connectivity index (χ4n) is 2.20. The van der Waals surface area contributed by atoms with Crippen molar-refractivity contribution >= 4 is 55.7 Å². The quantitative estimate of drug-likeness (QED) is 0.699. The van der Waals surface area contributed by atoms with Crippen LogP contribution in [0.1, 0.15) is 5.69 Å². The molecule has 3 heterocycles. The third kappa shape index (κ3) is 3.33. The van der Waals surface area contributed by atoms with E-state index < -0.39 is 0 Å². The third-order valence-corrected chi connectivity index (χ3v) is 6.30. The molecule has 0 bridgehead atoms. The topological polar surface area (TPSA) is 73.3 Å². The van der Waals surface area contributed by atoms with Crippen LogP contribution < -0.4 is 14.8 Å². The molecule has 0 radical (unpaired) electrons. The summed E-state index contributed by atoms with van der Waals surface area (Å²) < 4.78 is 13.0. The number of ether oxygens (including phenoxy) is 2. The number of nitrogens with zero attached hydrogens (tertiary/aromatic N) is 2. The van der Waals surface area contributed by atoms with Gasteiger partial charge in [-0.05, 0) is 6.92 Å². The Kier molecular flexibility index (Phi) is 4.30. The lowest BCUT2D eigenvalue weighted by Crippen LogP contribution is -2.15. The minimum atomic E-state index is -0.0934. The Morgan fingerprint density at radius 3 is 2.83 bits per heavy atom. The SMILES string of the molecule is Cc1csc(SCC(=O)Nc2nc3cc4c(cc3s2)OCCO4)n1. The van der Waals surface area contributed by atoms with Crippen LogP contribution in [0.4, 0.5) is 5.13 Å². The Morgan fingerprint density at radius 1 is 1.29 bits per heavy atom. The molecule has 24 heavy (non-hydrogen) atoms. The third-order valence-electron chi connectivity index (χ3n) is 3.22. The average molecular weight is 379 g/mol. The van der Waals surface area contributed by atoms with Crippen LogP contribution in [-0.4, -0.2) is 34.8 Å². The van der Waals surface area contributed by atoms with E-state index in [0.717, 1.165) is 26.0 Å². The van der Waals surface area contributed by atoms with E-state index in [-0.39, 0.29) is 5.91 Å². The number of amides is 1. The number of carbonyl (C=O) groups is 1. The molecular formula is C15H13N3O3S3. The van der Waals surface area contributed by atoms with Gasteiger partial charge in [0, 0.05) is 23.2 Å². The van der Waals surface area contributed by atoms with Gasteiger partial charge in [0.05, 0.1) is 16.0 Å². The molecule has 3 aromatic rings. The van der Waals surface area contributed by atoms with Gasteiger partial charge in [0.2, 0.25) is 5.91 Å². The Morgan fingerprint density at radius 2 is 2.08 bits per heavy atom. The van der Waals surface area contributed by atoms with E-state index in [1.165, 1.54) is 23.1 Å². The van der Waals surface area contributed by atoms with Crippen LogP contribution in [0.15, 0.2) is 21.9 Å². The molecule has 1 aliphatic rings. The number of nitrogens with one attached hydrogen (secondary N) is 1. The molecule has 0 unspecified atom stereocenters. The normalized spacial score (nSPS) is 13.2. The molecule has 9 heteroatoms. The van der Waals surface area contributed by atoms with Crippen LogP contribution in [0.2, 0.25) is 0 Å².